The van der Waals surface area contributed by atoms with Gasteiger partial charge in [0.25, 0.3) is 0 Å². The predicted octanol–water partition coefficient (Wildman–Crippen LogP) is 3.16. The Morgan fingerprint density at radius 3 is 2.53 bits per heavy atom. The Morgan fingerprint density at radius 2 is 1.88 bits per heavy atom. The van der Waals surface area contributed by atoms with Crippen LogP contribution in [0.3, 0.4) is 0 Å². The van der Waals surface area contributed by atoms with Crippen molar-refractivity contribution in [3.63, 3.8) is 0 Å². The normalized spacial score (nSPS) is 10.8. The van der Waals surface area contributed by atoms with Gasteiger partial charge in [-0.25, -0.2) is 13.8 Å². The maximum absolute atomic E-state index is 13.0. The molecule has 90 valence electrons. The van der Waals surface area contributed by atoms with E-state index in [1.165, 1.54) is 12.1 Å². The van der Waals surface area contributed by atoms with Crippen LogP contribution in [0.2, 0.25) is 0 Å². The summed E-state index contributed by atoms with van der Waals surface area (Å²) in [6.07, 6.45) is 5.40. The van der Waals surface area contributed by atoms with Crippen LogP contribution in [0.1, 0.15) is 24.7 Å². The fourth-order valence-electron chi connectivity index (χ4n) is 1.83. The van der Waals surface area contributed by atoms with E-state index in [2.05, 4.69) is 11.9 Å². The number of hydrogen-bond donors (Lipinski definition) is 0. The van der Waals surface area contributed by atoms with Crippen LogP contribution in [0, 0.1) is 11.6 Å². The molecule has 0 amide bonds. The highest BCUT2D eigenvalue weighted by Crippen LogP contribution is 2.11. The van der Waals surface area contributed by atoms with Crippen molar-refractivity contribution >= 4 is 0 Å². The molecule has 2 rings (SSSR count). The van der Waals surface area contributed by atoms with Gasteiger partial charge in [-0.1, -0.05) is 6.92 Å². The second kappa shape index (κ2) is 5.08. The van der Waals surface area contributed by atoms with Gasteiger partial charge >= 0.3 is 0 Å². The standard InChI is InChI=1S/C13H14F2N2/c1-2-3-13-16-4-5-17(13)9-10-6-11(14)8-12(15)7-10/h4-8H,2-3,9H2,1H3. The zero-order valence-electron chi connectivity index (χ0n) is 9.66. The van der Waals surface area contributed by atoms with Gasteiger partial charge in [0.1, 0.15) is 17.5 Å². The first-order valence-corrected chi connectivity index (χ1v) is 5.64. The van der Waals surface area contributed by atoms with E-state index in [0.717, 1.165) is 24.7 Å². The monoisotopic (exact) mass is 236 g/mol. The number of aromatic nitrogens is 2. The third kappa shape index (κ3) is 2.90. The van der Waals surface area contributed by atoms with E-state index in [1.807, 2.05) is 10.8 Å². The molecule has 2 aromatic rings. The summed E-state index contributed by atoms with van der Waals surface area (Å²) in [7, 11) is 0. The lowest BCUT2D eigenvalue weighted by molar-refractivity contribution is 0.576. The number of halogens is 2. The van der Waals surface area contributed by atoms with E-state index in [0.29, 0.717) is 12.1 Å². The van der Waals surface area contributed by atoms with Gasteiger partial charge < -0.3 is 4.57 Å². The minimum absolute atomic E-state index is 0.448. The zero-order chi connectivity index (χ0) is 12.3. The fraction of sp³-hybridized carbons (Fsp3) is 0.308. The Bertz CT molecular complexity index is 486. The number of rotatable bonds is 4. The molecule has 0 aliphatic carbocycles. The Hall–Kier alpha value is -1.71. The average molecular weight is 236 g/mol. The van der Waals surface area contributed by atoms with Gasteiger partial charge in [-0.05, 0) is 24.1 Å². The van der Waals surface area contributed by atoms with Gasteiger partial charge in [0.05, 0.1) is 0 Å². The van der Waals surface area contributed by atoms with Crippen molar-refractivity contribution < 1.29 is 8.78 Å². The van der Waals surface area contributed by atoms with Crippen molar-refractivity contribution in [3.8, 4) is 0 Å². The molecule has 0 radical (unpaired) electrons. The first-order chi connectivity index (χ1) is 8.19. The highest BCUT2D eigenvalue weighted by molar-refractivity contribution is 5.18. The lowest BCUT2D eigenvalue weighted by Gasteiger charge is -2.07. The smallest absolute Gasteiger partial charge is 0.126 e. The van der Waals surface area contributed by atoms with Crippen LogP contribution < -0.4 is 0 Å². The largest absolute Gasteiger partial charge is 0.331 e. The molecule has 2 nitrogen and oxygen atoms in total. The molecular formula is C13H14F2N2. The third-order valence-electron chi connectivity index (χ3n) is 2.55. The second-order valence-electron chi connectivity index (χ2n) is 4.00. The third-order valence-corrected chi connectivity index (χ3v) is 2.55. The number of nitrogens with zero attached hydrogens (tertiary/aromatic N) is 2. The Kier molecular flexibility index (Phi) is 3.52. The number of benzene rings is 1. The van der Waals surface area contributed by atoms with E-state index in [4.69, 9.17) is 0 Å². The molecule has 17 heavy (non-hydrogen) atoms. The zero-order valence-corrected chi connectivity index (χ0v) is 9.66. The summed E-state index contributed by atoms with van der Waals surface area (Å²) in [6, 6.07) is 3.57. The Balaban J connectivity index is 2.22. The molecule has 0 N–H and O–H groups in total. The van der Waals surface area contributed by atoms with Gasteiger partial charge in [0, 0.05) is 31.4 Å². The summed E-state index contributed by atoms with van der Waals surface area (Å²) in [5.41, 5.74) is 0.609. The van der Waals surface area contributed by atoms with Crippen molar-refractivity contribution in [2.24, 2.45) is 0 Å². The molecular weight excluding hydrogens is 222 g/mol. The quantitative estimate of drug-likeness (QED) is 0.797. The lowest BCUT2D eigenvalue weighted by atomic mass is 10.2. The highest BCUT2D eigenvalue weighted by atomic mass is 19.1. The molecule has 0 unspecified atom stereocenters. The molecule has 4 heteroatoms. The number of imidazole rings is 1. The van der Waals surface area contributed by atoms with Crippen molar-refractivity contribution in [3.05, 3.63) is 53.6 Å². The van der Waals surface area contributed by atoms with Crippen molar-refractivity contribution in [1.82, 2.24) is 9.55 Å². The van der Waals surface area contributed by atoms with E-state index >= 15 is 0 Å². The Labute approximate surface area is 98.9 Å². The first kappa shape index (κ1) is 11.8. The number of aryl methyl sites for hydroxylation is 1. The maximum atomic E-state index is 13.0. The van der Waals surface area contributed by atoms with Crippen LogP contribution in [0.4, 0.5) is 8.78 Å². The maximum Gasteiger partial charge on any atom is 0.126 e. The molecule has 0 atom stereocenters. The molecule has 0 spiro atoms. The molecule has 0 bridgehead atoms. The van der Waals surface area contributed by atoms with E-state index in [-0.39, 0.29) is 0 Å². The first-order valence-electron chi connectivity index (χ1n) is 5.64. The molecule has 0 aliphatic heterocycles. The van der Waals surface area contributed by atoms with Crippen LogP contribution in [0.5, 0.6) is 0 Å². The van der Waals surface area contributed by atoms with E-state index in [9.17, 15) is 8.78 Å². The summed E-state index contributed by atoms with van der Waals surface area (Å²) >= 11 is 0. The molecule has 0 saturated carbocycles. The molecule has 0 aliphatic rings. The molecule has 1 heterocycles. The summed E-state index contributed by atoms with van der Waals surface area (Å²) in [5.74, 6) is -0.147. The van der Waals surface area contributed by atoms with Crippen LogP contribution >= 0.6 is 0 Å². The van der Waals surface area contributed by atoms with Gasteiger partial charge in [-0.3, -0.25) is 0 Å². The van der Waals surface area contributed by atoms with Crippen LogP contribution in [-0.4, -0.2) is 9.55 Å². The summed E-state index contributed by atoms with van der Waals surface area (Å²) in [6.45, 7) is 2.52. The lowest BCUT2D eigenvalue weighted by Crippen LogP contribution is -2.04. The molecule has 0 fully saturated rings. The van der Waals surface area contributed by atoms with Crippen LogP contribution in [-0.2, 0) is 13.0 Å². The summed E-state index contributed by atoms with van der Waals surface area (Å²) in [5, 5.41) is 0. The van der Waals surface area contributed by atoms with Gasteiger partial charge in [-0.15, -0.1) is 0 Å². The van der Waals surface area contributed by atoms with Gasteiger partial charge in [0.15, 0.2) is 0 Å². The second-order valence-corrected chi connectivity index (χ2v) is 4.00. The van der Waals surface area contributed by atoms with Gasteiger partial charge in [0.2, 0.25) is 0 Å². The predicted molar refractivity (Wildman–Crippen MR) is 61.7 cm³/mol. The van der Waals surface area contributed by atoms with E-state index < -0.39 is 11.6 Å². The minimum Gasteiger partial charge on any atom is -0.331 e. The van der Waals surface area contributed by atoms with Crippen LogP contribution in [0.15, 0.2) is 30.6 Å². The van der Waals surface area contributed by atoms with Crippen LogP contribution in [0.25, 0.3) is 0 Å². The minimum atomic E-state index is -0.544. The average Bonchev–Trinajstić information content (AvgIpc) is 2.65. The molecule has 1 aromatic heterocycles. The topological polar surface area (TPSA) is 17.8 Å². The SMILES string of the molecule is CCCc1nccn1Cc1cc(F)cc(F)c1. The highest BCUT2D eigenvalue weighted by Gasteiger charge is 2.05. The summed E-state index contributed by atoms with van der Waals surface area (Å²) < 4.78 is 28.0. The fourth-order valence-corrected chi connectivity index (χ4v) is 1.83. The van der Waals surface area contributed by atoms with Crippen molar-refractivity contribution in [1.29, 1.82) is 0 Å². The number of hydrogen-bond acceptors (Lipinski definition) is 1. The van der Waals surface area contributed by atoms with Crippen molar-refractivity contribution in [2.75, 3.05) is 0 Å². The van der Waals surface area contributed by atoms with E-state index in [1.54, 1.807) is 6.20 Å². The Morgan fingerprint density at radius 1 is 1.18 bits per heavy atom. The molecule has 0 saturated heterocycles. The summed E-state index contributed by atoms with van der Waals surface area (Å²) in [4.78, 5) is 4.22. The molecule has 1 aromatic carbocycles. The van der Waals surface area contributed by atoms with Crippen molar-refractivity contribution in [2.45, 2.75) is 26.3 Å². The van der Waals surface area contributed by atoms with Gasteiger partial charge in [-0.2, -0.15) is 0 Å².